The van der Waals surface area contributed by atoms with Crippen molar-refractivity contribution in [1.29, 1.82) is 0 Å². The van der Waals surface area contributed by atoms with Gasteiger partial charge in [-0.25, -0.2) is 0 Å². The van der Waals surface area contributed by atoms with Crippen molar-refractivity contribution in [3.05, 3.63) is 35.4 Å². The molecule has 1 heterocycles. The molecule has 1 aliphatic rings. The van der Waals surface area contributed by atoms with Crippen molar-refractivity contribution in [2.45, 2.75) is 13.5 Å². The Morgan fingerprint density at radius 1 is 1.08 bits per heavy atom. The van der Waals surface area contributed by atoms with Gasteiger partial charge in [-0.1, -0.05) is 35.7 Å². The monoisotopic (exact) mass is 342 g/mol. The highest BCUT2D eigenvalue weighted by Crippen LogP contribution is 2.04. The lowest BCUT2D eigenvalue weighted by molar-refractivity contribution is -0.125. The Labute approximate surface area is 149 Å². The Bertz CT molecular complexity index is 631. The lowest BCUT2D eigenvalue weighted by Crippen LogP contribution is -2.51. The van der Waals surface area contributed by atoms with Gasteiger partial charge in [-0.3, -0.25) is 19.4 Å². The minimum absolute atomic E-state index is 0.0294. The van der Waals surface area contributed by atoms with Crippen molar-refractivity contribution in [1.82, 2.24) is 20.4 Å². The normalized spacial score (nSPS) is 15.4. The van der Waals surface area contributed by atoms with E-state index in [0.29, 0.717) is 19.6 Å². The van der Waals surface area contributed by atoms with Crippen LogP contribution in [0.15, 0.2) is 24.3 Å². The van der Waals surface area contributed by atoms with Gasteiger partial charge in [-0.15, -0.1) is 6.42 Å². The summed E-state index contributed by atoms with van der Waals surface area (Å²) in [4.78, 5) is 27.9. The number of rotatable bonds is 7. The molecule has 0 saturated carbocycles. The number of aryl methyl sites for hydroxylation is 1. The van der Waals surface area contributed by atoms with Crippen LogP contribution in [0, 0.1) is 19.3 Å². The summed E-state index contributed by atoms with van der Waals surface area (Å²) in [6.07, 6.45) is 5.12. The molecule has 25 heavy (non-hydrogen) atoms. The fourth-order valence-electron chi connectivity index (χ4n) is 2.80. The first-order valence-corrected chi connectivity index (χ1v) is 8.54. The van der Waals surface area contributed by atoms with E-state index in [1.165, 1.54) is 5.56 Å². The van der Waals surface area contributed by atoms with E-state index < -0.39 is 0 Å². The molecule has 0 spiro atoms. The van der Waals surface area contributed by atoms with Gasteiger partial charge >= 0.3 is 0 Å². The van der Waals surface area contributed by atoms with Crippen molar-refractivity contribution in [3.8, 4) is 12.3 Å². The molecule has 0 atom stereocenters. The molecule has 1 saturated heterocycles. The third kappa shape index (κ3) is 6.96. The molecule has 134 valence electrons. The molecule has 2 N–H and O–H groups in total. The summed E-state index contributed by atoms with van der Waals surface area (Å²) in [6, 6.07) is 8.12. The van der Waals surface area contributed by atoms with Crippen molar-refractivity contribution in [3.63, 3.8) is 0 Å². The molecule has 1 aliphatic heterocycles. The molecular formula is C19H26N4O2. The van der Waals surface area contributed by atoms with Gasteiger partial charge in [0.05, 0.1) is 19.6 Å². The second-order valence-electron chi connectivity index (χ2n) is 6.30. The first kappa shape index (κ1) is 19.0. The van der Waals surface area contributed by atoms with E-state index in [9.17, 15) is 9.59 Å². The van der Waals surface area contributed by atoms with Gasteiger partial charge in [0, 0.05) is 32.7 Å². The number of carbonyl (C=O) groups excluding carboxylic acids is 2. The quantitative estimate of drug-likeness (QED) is 0.684. The van der Waals surface area contributed by atoms with Crippen LogP contribution in [0.1, 0.15) is 11.1 Å². The average Bonchev–Trinajstić information content (AvgIpc) is 2.60. The molecule has 6 heteroatoms. The van der Waals surface area contributed by atoms with E-state index in [0.717, 1.165) is 31.7 Å². The van der Waals surface area contributed by atoms with Crippen molar-refractivity contribution >= 4 is 11.8 Å². The van der Waals surface area contributed by atoms with Gasteiger partial charge in [-0.2, -0.15) is 0 Å². The van der Waals surface area contributed by atoms with E-state index in [2.05, 4.69) is 32.4 Å². The second-order valence-corrected chi connectivity index (χ2v) is 6.30. The maximum Gasteiger partial charge on any atom is 0.234 e. The van der Waals surface area contributed by atoms with Gasteiger partial charge in [0.2, 0.25) is 11.8 Å². The van der Waals surface area contributed by atoms with E-state index in [1.54, 1.807) is 0 Å². The van der Waals surface area contributed by atoms with Crippen LogP contribution in [-0.4, -0.2) is 67.4 Å². The number of terminal acetylenes is 1. The Balaban J connectivity index is 1.65. The minimum Gasteiger partial charge on any atom is -0.351 e. The SMILES string of the molecule is C#CCNC(=O)CN1CCN(CC(=O)NCc2cccc(C)c2)CC1. The lowest BCUT2D eigenvalue weighted by Gasteiger charge is -2.33. The molecule has 2 amide bonds. The Morgan fingerprint density at radius 2 is 1.68 bits per heavy atom. The van der Waals surface area contributed by atoms with Crippen LogP contribution in [-0.2, 0) is 16.1 Å². The van der Waals surface area contributed by atoms with E-state index in [-0.39, 0.29) is 18.4 Å². The topological polar surface area (TPSA) is 64.7 Å². The number of nitrogens with zero attached hydrogens (tertiary/aromatic N) is 2. The highest BCUT2D eigenvalue weighted by Gasteiger charge is 2.20. The molecule has 0 aromatic heterocycles. The summed E-state index contributed by atoms with van der Waals surface area (Å²) in [5, 5.41) is 5.63. The Kier molecular flexibility index (Phi) is 7.45. The molecule has 0 aliphatic carbocycles. The van der Waals surface area contributed by atoms with Gasteiger partial charge in [-0.05, 0) is 12.5 Å². The van der Waals surface area contributed by atoms with E-state index >= 15 is 0 Å². The standard InChI is InChI=1S/C19H26N4O2/c1-3-7-20-18(24)14-22-8-10-23(11-9-22)15-19(25)21-13-17-6-4-5-16(2)12-17/h1,4-6,12H,7-11,13-15H2,2H3,(H,20,24)(H,21,25). The summed E-state index contributed by atoms with van der Waals surface area (Å²) < 4.78 is 0. The van der Waals surface area contributed by atoms with Crippen molar-refractivity contribution in [2.24, 2.45) is 0 Å². The molecule has 0 unspecified atom stereocenters. The van der Waals surface area contributed by atoms with Crippen molar-refractivity contribution < 1.29 is 9.59 Å². The first-order chi connectivity index (χ1) is 12.1. The van der Waals surface area contributed by atoms with Crippen LogP contribution < -0.4 is 10.6 Å². The van der Waals surface area contributed by atoms with Gasteiger partial charge in [0.1, 0.15) is 0 Å². The summed E-state index contributed by atoms with van der Waals surface area (Å²) in [7, 11) is 0. The summed E-state index contributed by atoms with van der Waals surface area (Å²) in [5.74, 6) is 2.36. The van der Waals surface area contributed by atoms with Crippen LogP contribution in [0.5, 0.6) is 0 Å². The third-order valence-electron chi connectivity index (χ3n) is 4.16. The molecule has 6 nitrogen and oxygen atoms in total. The highest BCUT2D eigenvalue weighted by molar-refractivity contribution is 5.78. The number of hydrogen-bond donors (Lipinski definition) is 2. The van der Waals surface area contributed by atoms with Gasteiger partial charge in [0.15, 0.2) is 0 Å². The molecular weight excluding hydrogens is 316 g/mol. The summed E-state index contributed by atoms with van der Waals surface area (Å²) in [6.45, 7) is 6.70. The molecule has 1 fully saturated rings. The van der Waals surface area contributed by atoms with Crippen LogP contribution in [0.2, 0.25) is 0 Å². The van der Waals surface area contributed by atoms with Crippen LogP contribution in [0.25, 0.3) is 0 Å². The molecule has 1 aromatic carbocycles. The summed E-state index contributed by atoms with van der Waals surface area (Å²) in [5.41, 5.74) is 2.30. The van der Waals surface area contributed by atoms with Crippen LogP contribution in [0.4, 0.5) is 0 Å². The number of carbonyl (C=O) groups is 2. The van der Waals surface area contributed by atoms with Crippen LogP contribution in [0.3, 0.4) is 0 Å². The fourth-order valence-corrected chi connectivity index (χ4v) is 2.80. The fraction of sp³-hybridized carbons (Fsp3) is 0.474. The first-order valence-electron chi connectivity index (χ1n) is 8.54. The maximum absolute atomic E-state index is 12.1. The number of piperazine rings is 1. The Hall–Kier alpha value is -2.36. The zero-order valence-electron chi connectivity index (χ0n) is 14.8. The number of amides is 2. The third-order valence-corrected chi connectivity index (χ3v) is 4.16. The van der Waals surface area contributed by atoms with Gasteiger partial charge < -0.3 is 10.6 Å². The lowest BCUT2D eigenvalue weighted by atomic mass is 10.1. The molecule has 0 radical (unpaired) electrons. The predicted octanol–water partition coefficient (Wildman–Crippen LogP) is -0.0218. The minimum atomic E-state index is -0.0534. The molecule has 1 aromatic rings. The molecule has 0 bridgehead atoms. The van der Waals surface area contributed by atoms with Crippen LogP contribution >= 0.6 is 0 Å². The number of hydrogen-bond acceptors (Lipinski definition) is 4. The highest BCUT2D eigenvalue weighted by atomic mass is 16.2. The zero-order chi connectivity index (χ0) is 18.1. The second kappa shape index (κ2) is 9.82. The van der Waals surface area contributed by atoms with E-state index in [1.807, 2.05) is 25.1 Å². The predicted molar refractivity (Wildman–Crippen MR) is 97.7 cm³/mol. The zero-order valence-corrected chi connectivity index (χ0v) is 14.8. The largest absolute Gasteiger partial charge is 0.351 e. The van der Waals surface area contributed by atoms with Gasteiger partial charge in [0.25, 0.3) is 0 Å². The smallest absolute Gasteiger partial charge is 0.234 e. The average molecular weight is 342 g/mol. The van der Waals surface area contributed by atoms with Crippen molar-refractivity contribution in [2.75, 3.05) is 45.8 Å². The summed E-state index contributed by atoms with van der Waals surface area (Å²) >= 11 is 0. The maximum atomic E-state index is 12.1. The van der Waals surface area contributed by atoms with E-state index in [4.69, 9.17) is 6.42 Å². The molecule has 2 rings (SSSR count). The number of benzene rings is 1. The number of nitrogens with one attached hydrogen (secondary N) is 2. The Morgan fingerprint density at radius 3 is 2.24 bits per heavy atom.